The van der Waals surface area contributed by atoms with Gasteiger partial charge in [-0.2, -0.15) is 0 Å². The maximum atomic E-state index is 13.9. The van der Waals surface area contributed by atoms with Crippen LogP contribution in [0.15, 0.2) is 18.2 Å². The van der Waals surface area contributed by atoms with Crippen molar-refractivity contribution in [2.45, 2.75) is 26.3 Å². The molecule has 1 aliphatic carbocycles. The van der Waals surface area contributed by atoms with Crippen LogP contribution in [0, 0.1) is 11.2 Å². The third-order valence-electron chi connectivity index (χ3n) is 4.16. The molecular weight excluding hydrogens is 287 g/mol. The van der Waals surface area contributed by atoms with Crippen molar-refractivity contribution in [2.24, 2.45) is 5.41 Å². The van der Waals surface area contributed by atoms with Gasteiger partial charge < -0.3 is 15.0 Å². The molecule has 2 N–H and O–H groups in total. The van der Waals surface area contributed by atoms with Gasteiger partial charge in [-0.3, -0.25) is 4.79 Å². The number of H-pyrrole nitrogens is 1. The molecular formula is C16H17FN2O3. The second-order valence-corrected chi connectivity index (χ2v) is 5.95. The third kappa shape index (κ3) is 2.56. The molecule has 116 valence electrons. The van der Waals surface area contributed by atoms with Crippen LogP contribution in [0.3, 0.4) is 0 Å². The highest BCUT2D eigenvalue weighted by atomic mass is 19.1. The van der Waals surface area contributed by atoms with Gasteiger partial charge >= 0.3 is 5.97 Å². The molecule has 0 bridgehead atoms. The van der Waals surface area contributed by atoms with E-state index in [4.69, 9.17) is 0 Å². The number of halogens is 1. The van der Waals surface area contributed by atoms with E-state index < -0.39 is 11.8 Å². The molecule has 0 saturated heterocycles. The molecule has 1 saturated carbocycles. The van der Waals surface area contributed by atoms with E-state index in [1.165, 1.54) is 19.2 Å². The second kappa shape index (κ2) is 5.12. The molecule has 2 aromatic rings. The van der Waals surface area contributed by atoms with Crippen molar-refractivity contribution in [3.63, 3.8) is 0 Å². The van der Waals surface area contributed by atoms with Crippen molar-refractivity contribution in [1.29, 1.82) is 0 Å². The Balaban J connectivity index is 1.80. The average Bonchev–Trinajstić information content (AvgIpc) is 3.12. The Labute approximate surface area is 126 Å². The maximum Gasteiger partial charge on any atom is 0.340 e. The third-order valence-corrected chi connectivity index (χ3v) is 4.16. The monoisotopic (exact) mass is 304 g/mol. The van der Waals surface area contributed by atoms with Crippen molar-refractivity contribution >= 4 is 22.8 Å². The molecule has 1 fully saturated rings. The Morgan fingerprint density at radius 1 is 1.36 bits per heavy atom. The number of amides is 1. The summed E-state index contributed by atoms with van der Waals surface area (Å²) in [5.74, 6) is -1.31. The van der Waals surface area contributed by atoms with Crippen molar-refractivity contribution in [2.75, 3.05) is 7.11 Å². The number of hydrogen-bond donors (Lipinski definition) is 2. The highest BCUT2D eigenvalue weighted by Gasteiger charge is 2.44. The number of ether oxygens (including phenoxy) is 1. The molecule has 5 nitrogen and oxygen atoms in total. The first-order valence-corrected chi connectivity index (χ1v) is 7.11. The number of rotatable bonds is 4. The molecule has 1 amide bonds. The number of esters is 1. The van der Waals surface area contributed by atoms with Crippen LogP contribution >= 0.6 is 0 Å². The van der Waals surface area contributed by atoms with E-state index in [-0.39, 0.29) is 16.9 Å². The van der Waals surface area contributed by atoms with Crippen LogP contribution < -0.4 is 5.32 Å². The molecule has 3 rings (SSSR count). The number of nitrogens with one attached hydrogen (secondary N) is 2. The largest absolute Gasteiger partial charge is 0.465 e. The minimum atomic E-state index is -0.717. The number of fused-ring (bicyclic) bond motifs is 1. The highest BCUT2D eigenvalue weighted by molar-refractivity contribution is 5.95. The Morgan fingerprint density at radius 2 is 2.09 bits per heavy atom. The maximum absolute atomic E-state index is 13.9. The summed E-state index contributed by atoms with van der Waals surface area (Å²) >= 11 is 0. The first-order chi connectivity index (χ1) is 10.4. The molecule has 1 aromatic heterocycles. The Hall–Kier alpha value is -2.37. The molecule has 1 aliphatic rings. The van der Waals surface area contributed by atoms with Gasteiger partial charge in [0.25, 0.3) is 0 Å². The van der Waals surface area contributed by atoms with E-state index in [9.17, 15) is 14.0 Å². The normalized spacial score (nSPS) is 15.6. The molecule has 0 aliphatic heterocycles. The van der Waals surface area contributed by atoms with Crippen molar-refractivity contribution in [3.05, 3.63) is 35.3 Å². The fourth-order valence-corrected chi connectivity index (χ4v) is 2.38. The van der Waals surface area contributed by atoms with Gasteiger partial charge in [-0.05, 0) is 31.0 Å². The van der Waals surface area contributed by atoms with Crippen LogP contribution in [0.2, 0.25) is 0 Å². The lowest BCUT2D eigenvalue weighted by molar-refractivity contribution is -0.125. The standard InChI is InChI=1S/C16H17FN2O3/c1-16(3-4-16)15(21)18-8-10-5-9-6-12(17)11(14(20)22-2)7-13(9)19-10/h5-7,19H,3-4,8H2,1-2H3,(H,18,21). The number of aromatic amines is 1. The minimum absolute atomic E-state index is 0.0348. The van der Waals surface area contributed by atoms with Gasteiger partial charge in [-0.25, -0.2) is 9.18 Å². The quantitative estimate of drug-likeness (QED) is 0.853. The van der Waals surface area contributed by atoms with Gasteiger partial charge in [0.1, 0.15) is 5.82 Å². The summed E-state index contributed by atoms with van der Waals surface area (Å²) in [6.45, 7) is 2.28. The number of carbonyl (C=O) groups excluding carboxylic acids is 2. The predicted octanol–water partition coefficient (Wildman–Crippen LogP) is 2.51. The van der Waals surface area contributed by atoms with E-state index in [1.54, 1.807) is 6.07 Å². The van der Waals surface area contributed by atoms with Gasteiger partial charge in [-0.1, -0.05) is 6.92 Å². The van der Waals surface area contributed by atoms with E-state index in [2.05, 4.69) is 15.0 Å². The van der Waals surface area contributed by atoms with Crippen LogP contribution in [0.4, 0.5) is 4.39 Å². The number of methoxy groups -OCH3 is 1. The van der Waals surface area contributed by atoms with Crippen LogP contribution in [-0.2, 0) is 16.1 Å². The average molecular weight is 304 g/mol. The van der Waals surface area contributed by atoms with Crippen LogP contribution in [-0.4, -0.2) is 24.0 Å². The Bertz CT molecular complexity index is 762. The topological polar surface area (TPSA) is 71.2 Å². The van der Waals surface area contributed by atoms with Crippen molar-refractivity contribution in [3.8, 4) is 0 Å². The summed E-state index contributed by atoms with van der Waals surface area (Å²) in [5, 5.41) is 3.52. The second-order valence-electron chi connectivity index (χ2n) is 5.95. The van der Waals surface area contributed by atoms with Gasteiger partial charge in [-0.15, -0.1) is 0 Å². The Morgan fingerprint density at radius 3 is 2.73 bits per heavy atom. The van der Waals surface area contributed by atoms with Crippen LogP contribution in [0.1, 0.15) is 35.8 Å². The zero-order valence-electron chi connectivity index (χ0n) is 12.5. The summed E-state index contributed by atoms with van der Waals surface area (Å²) < 4.78 is 18.4. The summed E-state index contributed by atoms with van der Waals surface area (Å²) in [5.41, 5.74) is 1.05. The van der Waals surface area contributed by atoms with Gasteiger partial charge in [0.05, 0.1) is 19.2 Å². The molecule has 22 heavy (non-hydrogen) atoms. The molecule has 1 aromatic carbocycles. The first kappa shape index (κ1) is 14.6. The SMILES string of the molecule is COC(=O)c1cc2[nH]c(CNC(=O)C3(C)CC3)cc2cc1F. The summed E-state index contributed by atoms with van der Waals surface area (Å²) in [4.78, 5) is 26.5. The van der Waals surface area contributed by atoms with E-state index in [0.717, 1.165) is 18.5 Å². The highest BCUT2D eigenvalue weighted by Crippen LogP contribution is 2.45. The molecule has 0 radical (unpaired) electrons. The zero-order chi connectivity index (χ0) is 15.9. The molecule has 0 spiro atoms. The lowest BCUT2D eigenvalue weighted by atomic mass is 10.1. The van der Waals surface area contributed by atoms with E-state index in [0.29, 0.717) is 17.4 Å². The smallest absolute Gasteiger partial charge is 0.340 e. The van der Waals surface area contributed by atoms with Crippen LogP contribution in [0.5, 0.6) is 0 Å². The minimum Gasteiger partial charge on any atom is -0.465 e. The predicted molar refractivity (Wildman–Crippen MR) is 78.8 cm³/mol. The summed E-state index contributed by atoms with van der Waals surface area (Å²) in [6.07, 6.45) is 1.83. The molecule has 6 heteroatoms. The van der Waals surface area contributed by atoms with Crippen LogP contribution in [0.25, 0.3) is 10.9 Å². The van der Waals surface area contributed by atoms with Crippen molar-refractivity contribution in [1.82, 2.24) is 10.3 Å². The van der Waals surface area contributed by atoms with Gasteiger partial charge in [0, 0.05) is 22.0 Å². The number of aromatic nitrogens is 1. The van der Waals surface area contributed by atoms with Gasteiger partial charge in [0.2, 0.25) is 5.91 Å². The first-order valence-electron chi connectivity index (χ1n) is 7.11. The lowest BCUT2D eigenvalue weighted by Gasteiger charge is -2.08. The number of hydrogen-bond acceptors (Lipinski definition) is 3. The fourth-order valence-electron chi connectivity index (χ4n) is 2.38. The van der Waals surface area contributed by atoms with E-state index in [1.807, 2.05) is 6.92 Å². The molecule has 0 unspecified atom stereocenters. The summed E-state index contributed by atoms with van der Waals surface area (Å²) in [7, 11) is 1.21. The van der Waals surface area contributed by atoms with Crippen molar-refractivity contribution < 1.29 is 18.7 Å². The number of carbonyl (C=O) groups is 2. The van der Waals surface area contributed by atoms with E-state index >= 15 is 0 Å². The lowest BCUT2D eigenvalue weighted by Crippen LogP contribution is -2.29. The molecule has 0 atom stereocenters. The number of benzene rings is 1. The fraction of sp³-hybridized carbons (Fsp3) is 0.375. The van der Waals surface area contributed by atoms with Gasteiger partial charge in [0.15, 0.2) is 0 Å². The molecule has 1 heterocycles. The zero-order valence-corrected chi connectivity index (χ0v) is 12.5. The summed E-state index contributed by atoms with van der Waals surface area (Å²) in [6, 6.07) is 4.46. The Kier molecular flexibility index (Phi) is 3.39.